The van der Waals surface area contributed by atoms with Gasteiger partial charge in [-0.05, 0) is 24.5 Å². The number of carbonyl (C=O) groups is 1. The van der Waals surface area contributed by atoms with Crippen LogP contribution < -0.4 is 4.74 Å². The van der Waals surface area contributed by atoms with E-state index >= 15 is 0 Å². The monoisotopic (exact) mass is 388 g/mol. The molecule has 6 atom stereocenters. The van der Waals surface area contributed by atoms with Crippen molar-refractivity contribution in [2.45, 2.75) is 60.9 Å². The molecule has 1 unspecified atom stereocenters. The van der Waals surface area contributed by atoms with Crippen molar-refractivity contribution in [3.05, 3.63) is 23.3 Å². The lowest BCUT2D eigenvalue weighted by Crippen LogP contribution is -2.76. The van der Waals surface area contributed by atoms with Gasteiger partial charge in [0, 0.05) is 30.7 Å². The van der Waals surface area contributed by atoms with E-state index < -0.39 is 28.7 Å². The average molecular weight is 388 g/mol. The number of phenols is 1. The van der Waals surface area contributed by atoms with Crippen molar-refractivity contribution in [2.75, 3.05) is 20.1 Å². The molecule has 1 aromatic carbocycles. The Kier molecular flexibility index (Phi) is 2.84. The molecule has 2 bridgehead atoms. The van der Waals surface area contributed by atoms with E-state index in [9.17, 15) is 25.2 Å². The Hall–Kier alpha value is -1.83. The third kappa shape index (κ3) is 1.63. The second-order valence-electron chi connectivity index (χ2n) is 10.0. The number of ether oxygens (including phenoxy) is 1. The van der Waals surface area contributed by atoms with Gasteiger partial charge in [0.2, 0.25) is 5.60 Å². The lowest BCUT2D eigenvalue weighted by atomic mass is 9.55. The van der Waals surface area contributed by atoms with Crippen molar-refractivity contribution in [1.29, 1.82) is 0 Å². The van der Waals surface area contributed by atoms with Gasteiger partial charge < -0.3 is 29.6 Å². The van der Waals surface area contributed by atoms with Gasteiger partial charge in [-0.1, -0.05) is 6.07 Å². The highest BCUT2D eigenvalue weighted by Gasteiger charge is 2.84. The van der Waals surface area contributed by atoms with E-state index in [1.165, 1.54) is 12.8 Å². The molecule has 2 saturated carbocycles. The Morgan fingerprint density at radius 1 is 1.32 bits per heavy atom. The van der Waals surface area contributed by atoms with Crippen LogP contribution in [0, 0.1) is 5.92 Å². The van der Waals surface area contributed by atoms with E-state index in [0.717, 1.165) is 24.2 Å². The number of phenolic OH excluding ortho intramolecular Hbond substituents is 1. The number of benzene rings is 1. The normalized spacial score (nSPS) is 47.5. The van der Waals surface area contributed by atoms with E-state index in [-0.39, 0.29) is 24.0 Å². The Labute approximate surface area is 162 Å². The summed E-state index contributed by atoms with van der Waals surface area (Å²) in [5, 5.41) is 43.7. The number of rotatable bonds is 3. The number of likely N-dealkylation sites (N-methyl/N-ethyl adjacent to an activating group) is 1. The lowest BCUT2D eigenvalue weighted by Gasteiger charge is -2.60. The summed E-state index contributed by atoms with van der Waals surface area (Å²) in [4.78, 5) is 12.1. The van der Waals surface area contributed by atoms with Gasteiger partial charge in [-0.25, -0.2) is 4.79 Å². The molecular formula is C21H26NO6+. The maximum absolute atomic E-state index is 12.2. The van der Waals surface area contributed by atoms with Crippen molar-refractivity contribution in [3.63, 3.8) is 0 Å². The standard InChI is InChI=1S/C21H25NO6/c1-22(9-11-2-3-11)7-6-19-15-12-4-5-13(23)16(15)28-17(19)20(26,18(24)25)10-21(19,27)14(22)8-12/h4-5,11,14,17,26-27H,2-3,6-10H2,1H3,(H-,23,24,25)/p+1/t14-,17-,19+,20+,21-,22?/m1/s1. The predicted octanol–water partition coefficient (Wildman–Crippen LogP) is 0.526. The summed E-state index contributed by atoms with van der Waals surface area (Å²) in [6.07, 6.45) is 2.22. The van der Waals surface area contributed by atoms with Crippen molar-refractivity contribution in [3.8, 4) is 11.5 Å². The third-order valence-corrected chi connectivity index (χ3v) is 8.57. The second kappa shape index (κ2) is 4.66. The minimum absolute atomic E-state index is 0.0585. The van der Waals surface area contributed by atoms with Crippen LogP contribution >= 0.6 is 0 Å². The minimum Gasteiger partial charge on any atom is -0.504 e. The summed E-state index contributed by atoms with van der Waals surface area (Å²) < 4.78 is 6.68. The number of aliphatic carboxylic acids is 1. The van der Waals surface area contributed by atoms with Crippen LogP contribution in [0.4, 0.5) is 0 Å². The van der Waals surface area contributed by atoms with E-state index in [2.05, 4.69) is 7.05 Å². The van der Waals surface area contributed by atoms with Crippen LogP contribution in [0.15, 0.2) is 12.1 Å². The number of aromatic hydroxyl groups is 1. The Balaban J connectivity index is 1.62. The van der Waals surface area contributed by atoms with E-state index in [4.69, 9.17) is 4.74 Å². The van der Waals surface area contributed by atoms with Crippen molar-refractivity contribution >= 4 is 5.97 Å². The van der Waals surface area contributed by atoms with Crippen LogP contribution in [0.25, 0.3) is 0 Å². The maximum atomic E-state index is 12.2. The van der Waals surface area contributed by atoms with Gasteiger partial charge in [-0.3, -0.25) is 0 Å². The minimum atomic E-state index is -2.19. The molecule has 150 valence electrons. The fourth-order valence-corrected chi connectivity index (χ4v) is 7.24. The summed E-state index contributed by atoms with van der Waals surface area (Å²) in [6, 6.07) is 3.25. The number of carboxylic acids is 1. The molecule has 3 aliphatic carbocycles. The highest BCUT2D eigenvalue weighted by Crippen LogP contribution is 2.70. The van der Waals surface area contributed by atoms with Gasteiger partial charge >= 0.3 is 5.97 Å². The van der Waals surface area contributed by atoms with Crippen molar-refractivity contribution in [1.82, 2.24) is 0 Å². The van der Waals surface area contributed by atoms with Gasteiger partial charge in [0.15, 0.2) is 17.6 Å². The zero-order valence-electron chi connectivity index (χ0n) is 15.9. The van der Waals surface area contributed by atoms with E-state index in [0.29, 0.717) is 23.2 Å². The first kappa shape index (κ1) is 17.1. The van der Waals surface area contributed by atoms with Crippen LogP contribution in [0.2, 0.25) is 0 Å². The van der Waals surface area contributed by atoms with Crippen LogP contribution in [0.3, 0.4) is 0 Å². The number of carboxylic acid groups (broad SMARTS) is 1. The van der Waals surface area contributed by atoms with Crippen LogP contribution in [0.5, 0.6) is 11.5 Å². The van der Waals surface area contributed by atoms with Gasteiger partial charge in [0.25, 0.3) is 0 Å². The maximum Gasteiger partial charge on any atom is 0.339 e. The largest absolute Gasteiger partial charge is 0.504 e. The fourth-order valence-electron chi connectivity index (χ4n) is 7.24. The summed E-state index contributed by atoms with van der Waals surface area (Å²) in [5.74, 6) is -0.519. The Bertz CT molecular complexity index is 930. The van der Waals surface area contributed by atoms with Gasteiger partial charge in [0.1, 0.15) is 11.6 Å². The first-order valence-corrected chi connectivity index (χ1v) is 10.2. The lowest BCUT2D eigenvalue weighted by molar-refractivity contribution is -0.950. The molecule has 5 aliphatic rings. The summed E-state index contributed by atoms with van der Waals surface area (Å²) in [5.41, 5.74) is -2.84. The molecule has 4 N–H and O–H groups in total. The number of nitrogens with zero attached hydrogens (tertiary/aromatic N) is 1. The number of aliphatic hydroxyl groups is 2. The van der Waals surface area contributed by atoms with Gasteiger partial charge in [-0.15, -0.1) is 0 Å². The first-order chi connectivity index (χ1) is 13.2. The molecule has 0 aromatic heterocycles. The van der Waals surface area contributed by atoms with E-state index in [1.54, 1.807) is 6.07 Å². The molecule has 0 amide bonds. The Morgan fingerprint density at radius 3 is 2.75 bits per heavy atom. The number of quaternary nitrogens is 1. The molecule has 7 nitrogen and oxygen atoms in total. The number of hydrogen-bond donors (Lipinski definition) is 4. The molecular weight excluding hydrogens is 362 g/mol. The molecule has 1 saturated heterocycles. The topological polar surface area (TPSA) is 107 Å². The van der Waals surface area contributed by atoms with Crippen LogP contribution in [0.1, 0.15) is 36.8 Å². The molecule has 1 aromatic rings. The molecule has 28 heavy (non-hydrogen) atoms. The molecule has 1 spiro atoms. The van der Waals surface area contributed by atoms with Gasteiger partial charge in [0.05, 0.1) is 25.6 Å². The SMILES string of the molecule is C[N+]1(CC2CC2)CC[C@]23c4c5ccc(O)c4O[C@H]2[C@](O)(C(=O)O)C[C@@]3(O)[C@H]1C5. The first-order valence-electron chi connectivity index (χ1n) is 10.2. The van der Waals surface area contributed by atoms with Crippen LogP contribution in [-0.4, -0.2) is 74.4 Å². The molecule has 3 fully saturated rings. The molecule has 2 aliphatic heterocycles. The second-order valence-corrected chi connectivity index (χ2v) is 10.0. The highest BCUT2D eigenvalue weighted by molar-refractivity contribution is 5.82. The van der Waals surface area contributed by atoms with Gasteiger partial charge in [-0.2, -0.15) is 0 Å². The summed E-state index contributed by atoms with van der Waals surface area (Å²) >= 11 is 0. The number of piperidine rings is 1. The fraction of sp³-hybridized carbons (Fsp3) is 0.667. The average Bonchev–Trinajstić information content (AvgIpc) is 3.29. The summed E-state index contributed by atoms with van der Waals surface area (Å²) in [6.45, 7) is 1.77. The molecule has 0 radical (unpaired) electrons. The number of likely N-dealkylation sites (tertiary alicyclic amines) is 1. The predicted molar refractivity (Wildman–Crippen MR) is 97.1 cm³/mol. The highest BCUT2D eigenvalue weighted by atomic mass is 16.5. The molecule has 7 heteroatoms. The zero-order valence-corrected chi connectivity index (χ0v) is 15.9. The zero-order chi connectivity index (χ0) is 19.7. The van der Waals surface area contributed by atoms with E-state index in [1.807, 2.05) is 6.07 Å². The molecule has 6 rings (SSSR count). The Morgan fingerprint density at radius 2 is 2.07 bits per heavy atom. The summed E-state index contributed by atoms with van der Waals surface area (Å²) in [7, 11) is 2.17. The number of hydrogen-bond acceptors (Lipinski definition) is 5. The third-order valence-electron chi connectivity index (χ3n) is 8.57. The van der Waals surface area contributed by atoms with Crippen LogP contribution in [-0.2, 0) is 16.6 Å². The van der Waals surface area contributed by atoms with Crippen molar-refractivity contribution in [2.24, 2.45) is 5.92 Å². The van der Waals surface area contributed by atoms with Crippen molar-refractivity contribution < 1.29 is 34.4 Å². The molecule has 2 heterocycles. The smallest absolute Gasteiger partial charge is 0.339 e. The quantitative estimate of drug-likeness (QED) is 0.563.